The number of hydrogen-bond donors (Lipinski definition) is 1. The van der Waals surface area contributed by atoms with Gasteiger partial charge in [-0.2, -0.15) is 0 Å². The molecule has 0 aliphatic carbocycles. The number of carbonyl (C=O) groups is 3. The molecule has 1 spiro atoms. The summed E-state index contributed by atoms with van der Waals surface area (Å²) in [6.45, 7) is 5.39. The Morgan fingerprint density at radius 1 is 1.16 bits per heavy atom. The van der Waals surface area contributed by atoms with Crippen LogP contribution < -0.4 is 0 Å². The van der Waals surface area contributed by atoms with E-state index in [2.05, 4.69) is 6.92 Å². The lowest BCUT2D eigenvalue weighted by Gasteiger charge is -2.37. The van der Waals surface area contributed by atoms with E-state index in [1.54, 1.807) is 35.5 Å². The summed E-state index contributed by atoms with van der Waals surface area (Å²) in [6, 6.07) is -1.18. The fourth-order valence-electron chi connectivity index (χ4n) is 5.57. The van der Waals surface area contributed by atoms with Crippen molar-refractivity contribution in [3.8, 4) is 0 Å². The smallest absolute Gasteiger partial charge is 0.247 e. The van der Waals surface area contributed by atoms with E-state index in [1.807, 2.05) is 29.2 Å². The predicted molar refractivity (Wildman–Crippen MR) is 120 cm³/mol. The fraction of sp³-hybridized carbons (Fsp3) is 0.696. The number of aliphatic hydroxyl groups is 1. The number of unbranched alkanes of at least 4 members (excludes halogenated alkanes) is 2. The van der Waals surface area contributed by atoms with E-state index in [4.69, 9.17) is 0 Å². The molecule has 31 heavy (non-hydrogen) atoms. The highest BCUT2D eigenvalue weighted by molar-refractivity contribution is 8.02. The van der Waals surface area contributed by atoms with E-state index in [1.165, 1.54) is 0 Å². The molecule has 4 aliphatic heterocycles. The summed E-state index contributed by atoms with van der Waals surface area (Å²) in [7, 11) is 1.76. The van der Waals surface area contributed by atoms with Gasteiger partial charge in [-0.05, 0) is 13.3 Å². The summed E-state index contributed by atoms with van der Waals surface area (Å²) < 4.78 is -0.787. The molecule has 0 saturated carbocycles. The van der Waals surface area contributed by atoms with Crippen LogP contribution in [0.15, 0.2) is 24.3 Å². The van der Waals surface area contributed by atoms with Gasteiger partial charge in [0, 0.05) is 31.9 Å². The number of likely N-dealkylation sites (tertiary alicyclic amines) is 1. The molecule has 3 amide bonds. The molecule has 4 rings (SSSR count). The first-order valence-electron chi connectivity index (χ1n) is 11.4. The molecule has 7 nitrogen and oxygen atoms in total. The molecule has 0 aromatic rings. The van der Waals surface area contributed by atoms with Crippen LogP contribution >= 0.6 is 11.8 Å². The molecule has 2 saturated heterocycles. The molecule has 1 N–H and O–H groups in total. The van der Waals surface area contributed by atoms with Gasteiger partial charge in [0.2, 0.25) is 17.7 Å². The first kappa shape index (κ1) is 22.4. The Kier molecular flexibility index (Phi) is 6.23. The molecule has 6 atom stereocenters. The van der Waals surface area contributed by atoms with Gasteiger partial charge in [-0.15, -0.1) is 11.8 Å². The first-order chi connectivity index (χ1) is 14.9. The Morgan fingerprint density at radius 3 is 2.65 bits per heavy atom. The predicted octanol–water partition coefficient (Wildman–Crippen LogP) is 1.28. The lowest BCUT2D eigenvalue weighted by Crippen LogP contribution is -2.56. The molecule has 1 unspecified atom stereocenters. The van der Waals surface area contributed by atoms with Gasteiger partial charge >= 0.3 is 0 Å². The first-order valence-corrected chi connectivity index (χ1v) is 12.2. The van der Waals surface area contributed by atoms with E-state index in [9.17, 15) is 19.5 Å². The van der Waals surface area contributed by atoms with Gasteiger partial charge in [-0.1, -0.05) is 44.1 Å². The molecule has 0 radical (unpaired) electrons. The van der Waals surface area contributed by atoms with Gasteiger partial charge in [-0.3, -0.25) is 14.4 Å². The van der Waals surface area contributed by atoms with Crippen molar-refractivity contribution in [2.75, 3.05) is 33.3 Å². The molecule has 170 valence electrons. The third-order valence-electron chi connectivity index (χ3n) is 7.15. The van der Waals surface area contributed by atoms with Crippen molar-refractivity contribution >= 4 is 29.5 Å². The summed E-state index contributed by atoms with van der Waals surface area (Å²) in [6.07, 6.45) is 11.1. The zero-order valence-electron chi connectivity index (χ0n) is 18.6. The van der Waals surface area contributed by atoms with Crippen molar-refractivity contribution in [2.45, 2.75) is 55.2 Å². The Hall–Kier alpha value is -1.80. The van der Waals surface area contributed by atoms with Crippen LogP contribution in [0.5, 0.6) is 0 Å². The van der Waals surface area contributed by atoms with Crippen LogP contribution in [0.3, 0.4) is 0 Å². The molecule has 0 aromatic heterocycles. The Balaban J connectivity index is 1.78. The van der Waals surface area contributed by atoms with Crippen LogP contribution in [0.25, 0.3) is 0 Å². The number of nitrogens with zero attached hydrogens (tertiary/aromatic N) is 3. The van der Waals surface area contributed by atoms with Crippen LogP contribution in [0.4, 0.5) is 0 Å². The van der Waals surface area contributed by atoms with Gasteiger partial charge < -0.3 is 19.8 Å². The van der Waals surface area contributed by atoms with Crippen LogP contribution in [0, 0.1) is 11.8 Å². The number of likely N-dealkylation sites (N-methyl/N-ethyl adjacent to an activating group) is 1. The molecule has 4 aliphatic rings. The lowest BCUT2D eigenvalue weighted by molar-refractivity contribution is -0.146. The number of aliphatic hydroxyl groups excluding tert-OH is 1. The average Bonchev–Trinajstić information content (AvgIpc) is 3.09. The second-order valence-electron chi connectivity index (χ2n) is 9.16. The van der Waals surface area contributed by atoms with Gasteiger partial charge in [0.15, 0.2) is 0 Å². The van der Waals surface area contributed by atoms with Crippen molar-refractivity contribution in [1.82, 2.24) is 14.7 Å². The van der Waals surface area contributed by atoms with Gasteiger partial charge in [-0.25, -0.2) is 0 Å². The van der Waals surface area contributed by atoms with E-state index in [0.29, 0.717) is 19.6 Å². The van der Waals surface area contributed by atoms with Gasteiger partial charge in [0.1, 0.15) is 6.04 Å². The normalized spacial score (nSPS) is 35.7. The fourth-order valence-corrected chi connectivity index (χ4v) is 7.56. The molecule has 8 heteroatoms. The maximum atomic E-state index is 13.8. The van der Waals surface area contributed by atoms with Crippen LogP contribution in [0.2, 0.25) is 0 Å². The van der Waals surface area contributed by atoms with E-state index in [-0.39, 0.29) is 29.6 Å². The van der Waals surface area contributed by atoms with Gasteiger partial charge in [0.05, 0.1) is 29.2 Å². The number of thioether (sulfide) groups is 1. The summed E-state index contributed by atoms with van der Waals surface area (Å²) in [5.74, 6) is -1.39. The average molecular weight is 448 g/mol. The largest absolute Gasteiger partial charge is 0.394 e. The van der Waals surface area contributed by atoms with E-state index >= 15 is 0 Å². The van der Waals surface area contributed by atoms with Crippen molar-refractivity contribution < 1.29 is 19.5 Å². The summed E-state index contributed by atoms with van der Waals surface area (Å²) >= 11 is 1.59. The van der Waals surface area contributed by atoms with Crippen molar-refractivity contribution in [3.05, 3.63) is 24.3 Å². The molecule has 0 bridgehead atoms. The number of amides is 3. The minimum Gasteiger partial charge on any atom is -0.394 e. The minimum atomic E-state index is -0.787. The summed E-state index contributed by atoms with van der Waals surface area (Å²) in [5, 5.41) is 9.77. The van der Waals surface area contributed by atoms with Crippen LogP contribution in [-0.4, -0.2) is 92.9 Å². The molecule has 0 aromatic carbocycles. The monoisotopic (exact) mass is 447 g/mol. The van der Waals surface area contributed by atoms with E-state index in [0.717, 1.165) is 19.3 Å². The Morgan fingerprint density at radius 2 is 1.94 bits per heavy atom. The van der Waals surface area contributed by atoms with Crippen molar-refractivity contribution in [3.63, 3.8) is 0 Å². The number of fused-ring (bicyclic) bond motifs is 2. The summed E-state index contributed by atoms with van der Waals surface area (Å²) in [5.41, 5.74) is 0. The van der Waals surface area contributed by atoms with Crippen LogP contribution in [0.1, 0.15) is 33.1 Å². The second kappa shape index (κ2) is 8.62. The number of hydrogen-bond acceptors (Lipinski definition) is 5. The van der Waals surface area contributed by atoms with E-state index < -0.39 is 28.7 Å². The quantitative estimate of drug-likeness (QED) is 0.490. The second-order valence-corrected chi connectivity index (χ2v) is 10.6. The highest BCUT2D eigenvalue weighted by Crippen LogP contribution is 2.61. The van der Waals surface area contributed by atoms with Gasteiger partial charge in [0.25, 0.3) is 0 Å². The van der Waals surface area contributed by atoms with Crippen molar-refractivity contribution in [2.24, 2.45) is 11.8 Å². The SMILES string of the molecule is CCCCCN1CC=C[C@]23S[C@@H]4C=CCN(C)C(=O)[C@@H]4[C@H]2C(=O)N([C@H](C)CO)C3C1=O. The third-order valence-corrected chi connectivity index (χ3v) is 8.90. The standard InChI is InChI=1S/C23H33N3O4S/c1-4-5-6-12-25-13-8-10-23-18(17-16(31-23)9-7-11-24(3)20(17)28)21(29)26(15(2)14-27)19(23)22(25)30/h7-10,15-19,27H,4-6,11-14H2,1-3H3/t15-,16-,17+,18+,19?,23+/m1/s1. The minimum absolute atomic E-state index is 0.0418. The third kappa shape index (κ3) is 3.42. The summed E-state index contributed by atoms with van der Waals surface area (Å²) in [4.78, 5) is 46.0. The Labute approximate surface area is 188 Å². The zero-order chi connectivity index (χ0) is 22.3. The Bertz CT molecular complexity index is 815. The number of rotatable bonds is 6. The molecule has 4 heterocycles. The topological polar surface area (TPSA) is 81.2 Å². The molecular formula is C23H33N3O4S. The molecule has 2 fully saturated rings. The maximum absolute atomic E-state index is 13.8. The highest BCUT2D eigenvalue weighted by Gasteiger charge is 2.71. The maximum Gasteiger partial charge on any atom is 0.247 e. The lowest BCUT2D eigenvalue weighted by atomic mass is 9.78. The number of carbonyl (C=O) groups excluding carboxylic acids is 3. The highest BCUT2D eigenvalue weighted by atomic mass is 32.2. The molecular weight excluding hydrogens is 414 g/mol. The van der Waals surface area contributed by atoms with Crippen LogP contribution in [-0.2, 0) is 14.4 Å². The zero-order valence-corrected chi connectivity index (χ0v) is 19.4. The van der Waals surface area contributed by atoms with Crippen molar-refractivity contribution in [1.29, 1.82) is 0 Å².